The average Bonchev–Trinajstić information content (AvgIpc) is 3.46. The van der Waals surface area contributed by atoms with Crippen LogP contribution in [0.15, 0.2) is 25.3 Å². The third-order valence-electron chi connectivity index (χ3n) is 9.44. The second kappa shape index (κ2) is 11.5. The number of rotatable bonds is 12. The molecule has 6 atom stereocenters. The molecule has 38 heavy (non-hydrogen) atoms. The van der Waals surface area contributed by atoms with Crippen molar-refractivity contribution in [3.63, 3.8) is 0 Å². The van der Waals surface area contributed by atoms with Gasteiger partial charge in [-0.2, -0.15) is 0 Å². The van der Waals surface area contributed by atoms with Gasteiger partial charge in [0.25, 0.3) is 0 Å². The van der Waals surface area contributed by atoms with Crippen LogP contribution in [0.1, 0.15) is 78.6 Å². The molecule has 3 aliphatic heterocycles. The monoisotopic (exact) mass is 530 g/mol. The number of esters is 1. The summed E-state index contributed by atoms with van der Waals surface area (Å²) in [6.45, 7) is 13.7. The van der Waals surface area contributed by atoms with Crippen LogP contribution in [0.2, 0.25) is 0 Å². The normalized spacial score (nSPS) is 33.3. The Morgan fingerprint density at radius 2 is 1.92 bits per heavy atom. The molecule has 3 saturated heterocycles. The molecule has 0 aromatic heterocycles. The molecule has 8 nitrogen and oxygen atoms in total. The van der Waals surface area contributed by atoms with Crippen molar-refractivity contribution in [3.05, 3.63) is 25.3 Å². The number of likely N-dealkylation sites (tertiary alicyclic amines) is 1. The summed E-state index contributed by atoms with van der Waals surface area (Å²) in [5.74, 6) is -2.57. The Labute approximate surface area is 227 Å². The Bertz CT molecular complexity index is 930. The first kappa shape index (κ1) is 28.8. The molecule has 1 aliphatic carbocycles. The Balaban J connectivity index is 1.74. The van der Waals surface area contributed by atoms with E-state index in [0.29, 0.717) is 25.8 Å². The van der Waals surface area contributed by atoms with Crippen LogP contribution < -0.4 is 0 Å². The number of unbranched alkanes of at least 4 members (excludes halogenated alkanes) is 1. The van der Waals surface area contributed by atoms with Crippen molar-refractivity contribution < 1.29 is 29.0 Å². The molecule has 1 N–H and O–H groups in total. The maximum atomic E-state index is 14.6. The van der Waals surface area contributed by atoms with E-state index in [9.17, 15) is 19.5 Å². The molecule has 0 aromatic rings. The summed E-state index contributed by atoms with van der Waals surface area (Å²) in [5.41, 5.74) is -1.99. The van der Waals surface area contributed by atoms with Gasteiger partial charge in [0.15, 0.2) is 0 Å². The molecule has 212 valence electrons. The number of hydrogen-bond acceptors (Lipinski definition) is 6. The highest BCUT2D eigenvalue weighted by molar-refractivity contribution is 5.99. The van der Waals surface area contributed by atoms with Gasteiger partial charge >= 0.3 is 5.97 Å². The summed E-state index contributed by atoms with van der Waals surface area (Å²) in [6, 6.07) is -1.39. The van der Waals surface area contributed by atoms with E-state index >= 15 is 0 Å². The lowest BCUT2D eigenvalue weighted by Crippen LogP contribution is -2.61. The summed E-state index contributed by atoms with van der Waals surface area (Å²) in [7, 11) is 0. The molecule has 4 rings (SSSR count). The first-order chi connectivity index (χ1) is 18.2. The third kappa shape index (κ3) is 4.72. The Hall–Kier alpha value is -2.19. The number of allylic oxidation sites excluding steroid dienone is 1. The number of amides is 2. The van der Waals surface area contributed by atoms with Crippen LogP contribution in [0.5, 0.6) is 0 Å². The fourth-order valence-corrected chi connectivity index (χ4v) is 7.58. The summed E-state index contributed by atoms with van der Waals surface area (Å²) in [6.07, 6.45) is 11.1. The first-order valence-corrected chi connectivity index (χ1v) is 14.5. The predicted octanol–water partition coefficient (Wildman–Crippen LogP) is 3.62. The van der Waals surface area contributed by atoms with Crippen molar-refractivity contribution in [1.82, 2.24) is 9.80 Å². The molecule has 3 heterocycles. The van der Waals surface area contributed by atoms with Gasteiger partial charge in [-0.05, 0) is 51.4 Å². The molecular formula is C30H46N2O6. The minimum atomic E-state index is -1.12. The van der Waals surface area contributed by atoms with Crippen LogP contribution in [-0.4, -0.2) is 81.8 Å². The number of fused-ring (bicyclic) bond motifs is 1. The number of nitrogens with zero attached hydrogens (tertiary/aromatic N) is 2. The van der Waals surface area contributed by atoms with Crippen molar-refractivity contribution in [3.8, 4) is 0 Å². The molecule has 1 saturated carbocycles. The van der Waals surface area contributed by atoms with E-state index in [1.54, 1.807) is 17.1 Å². The van der Waals surface area contributed by atoms with Gasteiger partial charge in [0.05, 0.1) is 30.8 Å². The number of ether oxygens (including phenoxy) is 2. The average molecular weight is 531 g/mol. The number of hydrogen-bond donors (Lipinski definition) is 1. The first-order valence-electron chi connectivity index (χ1n) is 14.5. The van der Waals surface area contributed by atoms with E-state index in [2.05, 4.69) is 13.2 Å². The van der Waals surface area contributed by atoms with Gasteiger partial charge in [0.1, 0.15) is 17.6 Å². The number of aliphatic hydroxyl groups is 1. The third-order valence-corrected chi connectivity index (χ3v) is 9.44. The van der Waals surface area contributed by atoms with Crippen molar-refractivity contribution in [2.24, 2.45) is 17.8 Å². The van der Waals surface area contributed by atoms with Gasteiger partial charge in [-0.15, -0.1) is 13.2 Å². The van der Waals surface area contributed by atoms with Crippen LogP contribution in [-0.2, 0) is 23.9 Å². The SMILES string of the molecule is C=CCCCOC(=O)[C@@H]1[C@H]2C(=O)N([C@@H](CO)C(C)C)C(C(=O)N(CC=C)C3CCCCC3)C23CC[C@@]1(C)O3. The maximum Gasteiger partial charge on any atom is 0.312 e. The highest BCUT2D eigenvalue weighted by Crippen LogP contribution is 2.64. The molecule has 8 heteroatoms. The molecule has 2 unspecified atom stereocenters. The second-order valence-electron chi connectivity index (χ2n) is 12.1. The Kier molecular flexibility index (Phi) is 8.72. The number of carbonyl (C=O) groups is 3. The molecule has 1 spiro atoms. The second-order valence-corrected chi connectivity index (χ2v) is 12.1. The van der Waals surface area contributed by atoms with Gasteiger partial charge in [-0.25, -0.2) is 0 Å². The lowest BCUT2D eigenvalue weighted by atomic mass is 9.66. The van der Waals surface area contributed by atoms with Gasteiger partial charge in [-0.1, -0.05) is 45.3 Å². The summed E-state index contributed by atoms with van der Waals surface area (Å²) in [5, 5.41) is 10.4. The lowest BCUT2D eigenvalue weighted by molar-refractivity contribution is -0.163. The van der Waals surface area contributed by atoms with Crippen LogP contribution in [0.25, 0.3) is 0 Å². The molecule has 0 aromatic carbocycles. The van der Waals surface area contributed by atoms with Gasteiger partial charge < -0.3 is 24.4 Å². The quantitative estimate of drug-likeness (QED) is 0.235. The largest absolute Gasteiger partial charge is 0.465 e. The summed E-state index contributed by atoms with van der Waals surface area (Å²) >= 11 is 0. The zero-order chi connectivity index (χ0) is 27.7. The standard InChI is InChI=1S/C30H46N2O6/c1-6-8-12-18-37-28(36)24-23-26(34)32(22(19-33)20(3)4)25(30(23)16-15-29(24,5)38-30)27(35)31(17-7-2)21-13-10-9-11-14-21/h6-7,20-25,33H,1-2,8-19H2,3-5H3/t22-,23-,24-,25?,29+,30?/m0/s1. The van der Waals surface area contributed by atoms with Crippen LogP contribution in [0, 0.1) is 17.8 Å². The molecule has 2 bridgehead atoms. The van der Waals surface area contributed by atoms with E-state index in [4.69, 9.17) is 9.47 Å². The summed E-state index contributed by atoms with van der Waals surface area (Å²) in [4.78, 5) is 45.8. The zero-order valence-electron chi connectivity index (χ0n) is 23.4. The highest BCUT2D eigenvalue weighted by atomic mass is 16.6. The fraction of sp³-hybridized carbons (Fsp3) is 0.767. The minimum Gasteiger partial charge on any atom is -0.465 e. The number of aliphatic hydroxyl groups excluding tert-OH is 1. The fourth-order valence-electron chi connectivity index (χ4n) is 7.58. The van der Waals surface area contributed by atoms with E-state index in [0.717, 1.165) is 38.5 Å². The Morgan fingerprint density at radius 1 is 1.21 bits per heavy atom. The van der Waals surface area contributed by atoms with Gasteiger partial charge in [-0.3, -0.25) is 14.4 Å². The van der Waals surface area contributed by atoms with Gasteiger partial charge in [0.2, 0.25) is 11.8 Å². The molecule has 4 aliphatic rings. The predicted molar refractivity (Wildman–Crippen MR) is 144 cm³/mol. The van der Waals surface area contributed by atoms with Gasteiger partial charge in [0, 0.05) is 12.6 Å². The van der Waals surface area contributed by atoms with Crippen molar-refractivity contribution >= 4 is 17.8 Å². The number of carbonyl (C=O) groups excluding carboxylic acids is 3. The van der Waals surface area contributed by atoms with Crippen molar-refractivity contribution in [1.29, 1.82) is 0 Å². The van der Waals surface area contributed by atoms with Crippen LogP contribution in [0.3, 0.4) is 0 Å². The molecular weight excluding hydrogens is 484 g/mol. The lowest BCUT2D eigenvalue weighted by Gasteiger charge is -2.43. The molecule has 0 radical (unpaired) electrons. The molecule has 4 fully saturated rings. The van der Waals surface area contributed by atoms with Crippen LogP contribution >= 0.6 is 0 Å². The van der Waals surface area contributed by atoms with Crippen molar-refractivity contribution in [2.75, 3.05) is 19.8 Å². The summed E-state index contributed by atoms with van der Waals surface area (Å²) < 4.78 is 12.4. The highest BCUT2D eigenvalue weighted by Gasteiger charge is 2.79. The minimum absolute atomic E-state index is 0.0769. The van der Waals surface area contributed by atoms with Crippen LogP contribution in [0.4, 0.5) is 0 Å². The smallest absolute Gasteiger partial charge is 0.312 e. The zero-order valence-corrected chi connectivity index (χ0v) is 23.4. The van der Waals surface area contributed by atoms with E-state index in [1.807, 2.05) is 25.7 Å². The maximum absolute atomic E-state index is 14.6. The van der Waals surface area contributed by atoms with E-state index in [-0.39, 0.29) is 37.0 Å². The van der Waals surface area contributed by atoms with Crippen molar-refractivity contribution in [2.45, 2.75) is 108 Å². The van der Waals surface area contributed by atoms with E-state index in [1.165, 1.54) is 0 Å². The topological polar surface area (TPSA) is 96.4 Å². The Morgan fingerprint density at radius 3 is 2.53 bits per heavy atom. The van der Waals surface area contributed by atoms with E-state index < -0.39 is 41.1 Å². The molecule has 2 amide bonds.